The Balaban J connectivity index is 1.55. The monoisotopic (exact) mass is 475 g/mol. The van der Waals surface area contributed by atoms with Crippen molar-refractivity contribution in [2.45, 2.75) is 43.7 Å². The van der Waals surface area contributed by atoms with E-state index in [1.807, 2.05) is 41.0 Å². The van der Waals surface area contributed by atoms with Gasteiger partial charge in [-0.05, 0) is 43.4 Å². The summed E-state index contributed by atoms with van der Waals surface area (Å²) in [5, 5.41) is 9.00. The largest absolute Gasteiger partial charge is 0.406 e. The van der Waals surface area contributed by atoms with Gasteiger partial charge >= 0.3 is 6.18 Å². The molecule has 0 N–H and O–H groups in total. The van der Waals surface area contributed by atoms with Crippen molar-refractivity contribution in [3.8, 4) is 11.4 Å². The van der Waals surface area contributed by atoms with Gasteiger partial charge in [-0.3, -0.25) is 14.3 Å². The molecule has 3 aromatic rings. The van der Waals surface area contributed by atoms with Crippen LogP contribution in [0.5, 0.6) is 0 Å². The second-order valence-corrected chi connectivity index (χ2v) is 9.07. The van der Waals surface area contributed by atoms with Crippen LogP contribution in [0.25, 0.3) is 11.4 Å². The molecule has 33 heavy (non-hydrogen) atoms. The Morgan fingerprint density at radius 2 is 1.94 bits per heavy atom. The number of thioether (sulfide) groups is 1. The van der Waals surface area contributed by atoms with Gasteiger partial charge in [0.2, 0.25) is 5.91 Å². The van der Waals surface area contributed by atoms with Gasteiger partial charge in [0.05, 0.1) is 12.3 Å². The predicted molar refractivity (Wildman–Crippen MR) is 119 cm³/mol. The summed E-state index contributed by atoms with van der Waals surface area (Å²) in [5.74, 6) is 0.0298. The Morgan fingerprint density at radius 1 is 1.18 bits per heavy atom. The molecule has 2 aromatic heterocycles. The van der Waals surface area contributed by atoms with E-state index in [4.69, 9.17) is 0 Å². The molecule has 1 aliphatic carbocycles. The average molecular weight is 476 g/mol. The number of nitrogens with zero attached hydrogens (tertiary/aromatic N) is 5. The molecule has 0 aliphatic heterocycles. The summed E-state index contributed by atoms with van der Waals surface area (Å²) in [6.07, 6.45) is 0.607. The van der Waals surface area contributed by atoms with Crippen LogP contribution in [-0.4, -0.2) is 55.1 Å². The van der Waals surface area contributed by atoms with Crippen molar-refractivity contribution < 1.29 is 18.0 Å². The highest BCUT2D eigenvalue weighted by Crippen LogP contribution is 2.36. The van der Waals surface area contributed by atoms with Crippen LogP contribution in [0.1, 0.15) is 25.3 Å². The molecule has 0 bridgehead atoms. The fourth-order valence-electron chi connectivity index (χ4n) is 3.71. The van der Waals surface area contributed by atoms with Crippen molar-refractivity contribution in [3.05, 3.63) is 60.4 Å². The Kier molecular flexibility index (Phi) is 7.02. The van der Waals surface area contributed by atoms with E-state index in [1.165, 1.54) is 0 Å². The maximum absolute atomic E-state index is 13.1. The predicted octanol–water partition coefficient (Wildman–Crippen LogP) is 4.67. The third-order valence-electron chi connectivity index (χ3n) is 5.61. The molecule has 1 atom stereocenters. The molecule has 6 nitrogen and oxygen atoms in total. The fourth-order valence-corrected chi connectivity index (χ4v) is 4.53. The topological polar surface area (TPSA) is 63.9 Å². The van der Waals surface area contributed by atoms with Crippen molar-refractivity contribution in [3.63, 3.8) is 0 Å². The summed E-state index contributed by atoms with van der Waals surface area (Å²) in [5.41, 5.74) is 1.77. The number of carbonyl (C=O) groups is 1. The van der Waals surface area contributed by atoms with E-state index < -0.39 is 24.7 Å². The van der Waals surface area contributed by atoms with E-state index in [1.54, 1.807) is 25.4 Å². The quantitative estimate of drug-likeness (QED) is 0.421. The SMILES string of the molecule is C[C@H](C1CC1)N(CC(F)(F)F)C(=O)CSc1nnc(-c2cccnc2)n1Cc1ccccc1. The first-order valence-corrected chi connectivity index (χ1v) is 11.7. The maximum atomic E-state index is 13.1. The number of aromatic nitrogens is 4. The first kappa shape index (κ1) is 23.3. The summed E-state index contributed by atoms with van der Waals surface area (Å²) in [6, 6.07) is 12.9. The lowest BCUT2D eigenvalue weighted by molar-refractivity contribution is -0.164. The molecule has 10 heteroatoms. The molecule has 1 aromatic carbocycles. The third kappa shape index (κ3) is 6.13. The van der Waals surface area contributed by atoms with Crippen LogP contribution in [-0.2, 0) is 11.3 Å². The number of amides is 1. The number of pyridine rings is 1. The number of hydrogen-bond donors (Lipinski definition) is 0. The van der Waals surface area contributed by atoms with Crippen molar-refractivity contribution >= 4 is 17.7 Å². The minimum Gasteiger partial charge on any atom is -0.330 e. The first-order valence-electron chi connectivity index (χ1n) is 10.7. The molecule has 1 aliphatic rings. The third-order valence-corrected chi connectivity index (χ3v) is 6.56. The van der Waals surface area contributed by atoms with Gasteiger partial charge in [0.15, 0.2) is 11.0 Å². The molecule has 0 radical (unpaired) electrons. The number of halogens is 3. The van der Waals surface area contributed by atoms with Crippen LogP contribution in [0.3, 0.4) is 0 Å². The van der Waals surface area contributed by atoms with Crippen molar-refractivity contribution in [2.75, 3.05) is 12.3 Å². The lowest BCUT2D eigenvalue weighted by Gasteiger charge is -2.30. The van der Waals surface area contributed by atoms with E-state index in [0.717, 1.165) is 40.6 Å². The van der Waals surface area contributed by atoms with E-state index in [9.17, 15) is 18.0 Å². The lowest BCUT2D eigenvalue weighted by Crippen LogP contribution is -2.46. The summed E-state index contributed by atoms with van der Waals surface area (Å²) >= 11 is 1.10. The van der Waals surface area contributed by atoms with Gasteiger partial charge in [-0.1, -0.05) is 42.1 Å². The molecule has 174 valence electrons. The number of alkyl halides is 3. The molecule has 1 saturated carbocycles. The van der Waals surface area contributed by atoms with Crippen LogP contribution in [0.15, 0.2) is 60.0 Å². The second-order valence-electron chi connectivity index (χ2n) is 8.12. The summed E-state index contributed by atoms with van der Waals surface area (Å²) in [6.45, 7) is 0.922. The van der Waals surface area contributed by atoms with Gasteiger partial charge < -0.3 is 4.90 Å². The van der Waals surface area contributed by atoms with Gasteiger partial charge in [0, 0.05) is 24.0 Å². The van der Waals surface area contributed by atoms with E-state index in [0.29, 0.717) is 17.5 Å². The molecule has 0 unspecified atom stereocenters. The zero-order valence-corrected chi connectivity index (χ0v) is 18.9. The van der Waals surface area contributed by atoms with E-state index >= 15 is 0 Å². The van der Waals surface area contributed by atoms with E-state index in [-0.39, 0.29) is 11.7 Å². The molecular weight excluding hydrogens is 451 g/mol. The number of rotatable bonds is 9. The van der Waals surface area contributed by atoms with Gasteiger partial charge in [0.1, 0.15) is 6.54 Å². The van der Waals surface area contributed by atoms with Crippen molar-refractivity contribution in [1.29, 1.82) is 0 Å². The smallest absolute Gasteiger partial charge is 0.330 e. The van der Waals surface area contributed by atoms with Gasteiger partial charge in [0.25, 0.3) is 0 Å². The number of hydrogen-bond acceptors (Lipinski definition) is 5. The first-order chi connectivity index (χ1) is 15.8. The Morgan fingerprint density at radius 3 is 2.58 bits per heavy atom. The maximum Gasteiger partial charge on any atom is 0.406 e. The van der Waals surface area contributed by atoms with Gasteiger partial charge in [-0.15, -0.1) is 10.2 Å². The zero-order valence-electron chi connectivity index (χ0n) is 18.1. The zero-order chi connectivity index (χ0) is 23.4. The molecule has 0 saturated heterocycles. The van der Waals surface area contributed by atoms with Crippen LogP contribution < -0.4 is 0 Å². The van der Waals surface area contributed by atoms with Crippen molar-refractivity contribution in [1.82, 2.24) is 24.6 Å². The Hall–Kier alpha value is -2.88. The summed E-state index contributed by atoms with van der Waals surface area (Å²) in [7, 11) is 0. The minimum absolute atomic E-state index is 0.139. The minimum atomic E-state index is -4.44. The van der Waals surface area contributed by atoms with Crippen molar-refractivity contribution in [2.24, 2.45) is 5.92 Å². The highest BCUT2D eigenvalue weighted by atomic mass is 32.2. The highest BCUT2D eigenvalue weighted by molar-refractivity contribution is 7.99. The summed E-state index contributed by atoms with van der Waals surface area (Å²) < 4.78 is 41.3. The van der Waals surface area contributed by atoms with Gasteiger partial charge in [-0.2, -0.15) is 13.2 Å². The molecule has 4 rings (SSSR count). The second kappa shape index (κ2) is 9.94. The lowest BCUT2D eigenvalue weighted by atomic mass is 10.2. The van der Waals surface area contributed by atoms with Gasteiger partial charge in [-0.25, -0.2) is 0 Å². The molecule has 1 amide bonds. The normalized spacial score (nSPS) is 14.8. The average Bonchev–Trinajstić information content (AvgIpc) is 3.58. The van der Waals surface area contributed by atoms with Crippen LogP contribution in [0.4, 0.5) is 13.2 Å². The van der Waals surface area contributed by atoms with Crippen LogP contribution >= 0.6 is 11.8 Å². The van der Waals surface area contributed by atoms with E-state index in [2.05, 4.69) is 15.2 Å². The summed E-state index contributed by atoms with van der Waals surface area (Å²) in [4.78, 5) is 18.0. The number of benzene rings is 1. The Bertz CT molecular complexity index is 1070. The van der Waals surface area contributed by atoms with Crippen LogP contribution in [0.2, 0.25) is 0 Å². The molecule has 0 spiro atoms. The number of carbonyl (C=O) groups excluding carboxylic acids is 1. The molecule has 2 heterocycles. The molecule has 1 fully saturated rings. The molecular formula is C23H24F3N5OS. The highest BCUT2D eigenvalue weighted by Gasteiger charge is 2.40. The van der Waals surface area contributed by atoms with Crippen LogP contribution in [0, 0.1) is 5.92 Å². The standard InChI is InChI=1S/C23H24F3N5OS/c1-16(18-9-10-18)31(15-23(24,25)26)20(32)14-33-22-29-28-21(19-8-5-11-27-12-19)30(22)13-17-6-3-2-4-7-17/h2-8,11-12,16,18H,9-10,13-15H2,1H3/t16-/m1/s1. The fraction of sp³-hybridized carbons (Fsp3) is 0.391. The Labute approximate surface area is 194 Å².